The minimum absolute atomic E-state index is 0.127. The summed E-state index contributed by atoms with van der Waals surface area (Å²) in [5, 5.41) is 3.33. The highest BCUT2D eigenvalue weighted by Gasteiger charge is 1.99. The van der Waals surface area contributed by atoms with Crippen molar-refractivity contribution in [3.63, 3.8) is 0 Å². The van der Waals surface area contributed by atoms with Crippen LogP contribution in [0, 0.1) is 12.7 Å². The molecule has 94 valence electrons. The van der Waals surface area contributed by atoms with E-state index in [0.717, 1.165) is 18.5 Å². The van der Waals surface area contributed by atoms with Crippen LogP contribution in [0.5, 0.6) is 0 Å². The van der Waals surface area contributed by atoms with E-state index in [1.165, 1.54) is 5.56 Å². The summed E-state index contributed by atoms with van der Waals surface area (Å²) in [6.45, 7) is 3.39. The average molecular weight is 243 g/mol. The summed E-state index contributed by atoms with van der Waals surface area (Å²) in [7, 11) is 0. The zero-order chi connectivity index (χ0) is 12.8. The highest BCUT2D eigenvalue weighted by molar-refractivity contribution is 5.23. The fraction of sp³-hybridized carbons (Fsp3) is 0.250. The Kier molecular flexibility index (Phi) is 4.48. The molecule has 0 radical (unpaired) electrons. The van der Waals surface area contributed by atoms with E-state index >= 15 is 0 Å². The monoisotopic (exact) mass is 243 g/mol. The first-order valence-corrected chi connectivity index (χ1v) is 6.25. The maximum absolute atomic E-state index is 13.3. The summed E-state index contributed by atoms with van der Waals surface area (Å²) in [5.41, 5.74) is 3.01. The van der Waals surface area contributed by atoms with Gasteiger partial charge >= 0.3 is 0 Å². The van der Waals surface area contributed by atoms with Crippen LogP contribution in [0.2, 0.25) is 0 Å². The van der Waals surface area contributed by atoms with Crippen LogP contribution in [0.15, 0.2) is 48.5 Å². The standard InChI is InChI=1S/C16H18FN/c1-13-7-8-15(11-16(13)17)12-18-10-9-14-5-3-2-4-6-14/h2-8,11,18H,9-10,12H2,1H3. The fourth-order valence-corrected chi connectivity index (χ4v) is 1.86. The number of benzene rings is 2. The van der Waals surface area contributed by atoms with Crippen LogP contribution in [0.1, 0.15) is 16.7 Å². The number of hydrogen-bond acceptors (Lipinski definition) is 1. The summed E-state index contributed by atoms with van der Waals surface area (Å²) < 4.78 is 13.3. The smallest absolute Gasteiger partial charge is 0.126 e. The lowest BCUT2D eigenvalue weighted by molar-refractivity contribution is 0.611. The Morgan fingerprint density at radius 1 is 1.00 bits per heavy atom. The molecule has 0 unspecified atom stereocenters. The van der Waals surface area contributed by atoms with Gasteiger partial charge in [-0.25, -0.2) is 4.39 Å². The molecule has 0 aliphatic heterocycles. The molecule has 0 aliphatic carbocycles. The average Bonchev–Trinajstić information content (AvgIpc) is 2.40. The molecule has 0 saturated carbocycles. The number of nitrogens with one attached hydrogen (secondary N) is 1. The maximum atomic E-state index is 13.3. The predicted molar refractivity (Wildman–Crippen MR) is 73.0 cm³/mol. The fourth-order valence-electron chi connectivity index (χ4n) is 1.86. The number of hydrogen-bond donors (Lipinski definition) is 1. The molecule has 2 aromatic carbocycles. The van der Waals surface area contributed by atoms with Gasteiger partial charge < -0.3 is 5.32 Å². The molecule has 0 fully saturated rings. The molecule has 1 N–H and O–H groups in total. The van der Waals surface area contributed by atoms with Crippen molar-refractivity contribution in [3.05, 3.63) is 71.0 Å². The normalized spacial score (nSPS) is 10.6. The quantitative estimate of drug-likeness (QED) is 0.793. The summed E-state index contributed by atoms with van der Waals surface area (Å²) in [6.07, 6.45) is 0.995. The van der Waals surface area contributed by atoms with Crippen molar-refractivity contribution in [1.82, 2.24) is 5.32 Å². The minimum Gasteiger partial charge on any atom is -0.312 e. The lowest BCUT2D eigenvalue weighted by Crippen LogP contribution is -2.16. The molecule has 18 heavy (non-hydrogen) atoms. The Morgan fingerprint density at radius 3 is 2.50 bits per heavy atom. The Labute approximate surface area is 108 Å². The van der Waals surface area contributed by atoms with Crippen LogP contribution in [0.4, 0.5) is 4.39 Å². The van der Waals surface area contributed by atoms with Crippen LogP contribution in [0.25, 0.3) is 0 Å². The second-order valence-electron chi connectivity index (χ2n) is 4.50. The summed E-state index contributed by atoms with van der Waals surface area (Å²) in [4.78, 5) is 0. The molecular weight excluding hydrogens is 225 g/mol. The molecule has 0 saturated heterocycles. The van der Waals surface area contributed by atoms with E-state index in [-0.39, 0.29) is 5.82 Å². The molecule has 2 heteroatoms. The topological polar surface area (TPSA) is 12.0 Å². The van der Waals surface area contributed by atoms with E-state index in [1.54, 1.807) is 13.0 Å². The van der Waals surface area contributed by atoms with E-state index in [2.05, 4.69) is 17.4 Å². The lowest BCUT2D eigenvalue weighted by Gasteiger charge is -2.06. The van der Waals surface area contributed by atoms with Gasteiger partial charge in [-0.15, -0.1) is 0 Å². The highest BCUT2D eigenvalue weighted by atomic mass is 19.1. The van der Waals surface area contributed by atoms with Gasteiger partial charge in [0.1, 0.15) is 5.82 Å². The zero-order valence-electron chi connectivity index (χ0n) is 10.6. The molecular formula is C16H18FN. The summed E-state index contributed by atoms with van der Waals surface area (Å²) in [5.74, 6) is -0.127. The molecule has 0 amide bonds. The molecule has 1 nitrogen and oxygen atoms in total. The summed E-state index contributed by atoms with van der Waals surface area (Å²) >= 11 is 0. The second kappa shape index (κ2) is 6.31. The highest BCUT2D eigenvalue weighted by Crippen LogP contribution is 2.08. The maximum Gasteiger partial charge on any atom is 0.126 e. The Bertz CT molecular complexity index is 494. The molecule has 0 aliphatic rings. The largest absolute Gasteiger partial charge is 0.312 e. The summed E-state index contributed by atoms with van der Waals surface area (Å²) in [6, 6.07) is 15.7. The molecule has 0 bridgehead atoms. The van der Waals surface area contributed by atoms with Gasteiger partial charge in [0.2, 0.25) is 0 Å². The van der Waals surface area contributed by atoms with Crippen LogP contribution < -0.4 is 5.32 Å². The van der Waals surface area contributed by atoms with Crippen molar-refractivity contribution < 1.29 is 4.39 Å². The van der Waals surface area contributed by atoms with E-state index in [1.807, 2.05) is 30.3 Å². The third-order valence-electron chi connectivity index (χ3n) is 3.00. The Hall–Kier alpha value is -1.67. The van der Waals surface area contributed by atoms with Crippen molar-refractivity contribution in [1.29, 1.82) is 0 Å². The van der Waals surface area contributed by atoms with Crippen LogP contribution in [-0.4, -0.2) is 6.54 Å². The molecule has 2 rings (SSSR count). The van der Waals surface area contributed by atoms with Crippen LogP contribution >= 0.6 is 0 Å². The van der Waals surface area contributed by atoms with Crippen molar-refractivity contribution in [2.75, 3.05) is 6.54 Å². The van der Waals surface area contributed by atoms with Crippen molar-refractivity contribution in [3.8, 4) is 0 Å². The van der Waals surface area contributed by atoms with Crippen molar-refractivity contribution in [2.24, 2.45) is 0 Å². The van der Waals surface area contributed by atoms with Gasteiger partial charge in [0, 0.05) is 6.54 Å². The Morgan fingerprint density at radius 2 is 1.78 bits per heavy atom. The molecule has 0 spiro atoms. The van der Waals surface area contributed by atoms with Crippen LogP contribution in [0.3, 0.4) is 0 Å². The van der Waals surface area contributed by atoms with Crippen molar-refractivity contribution >= 4 is 0 Å². The van der Waals surface area contributed by atoms with Gasteiger partial charge in [0.15, 0.2) is 0 Å². The first kappa shape index (κ1) is 12.8. The van der Waals surface area contributed by atoms with E-state index in [0.29, 0.717) is 12.1 Å². The lowest BCUT2D eigenvalue weighted by atomic mass is 10.1. The molecule has 0 heterocycles. The van der Waals surface area contributed by atoms with Gasteiger partial charge in [-0.05, 0) is 42.6 Å². The van der Waals surface area contributed by atoms with Gasteiger partial charge in [-0.1, -0.05) is 42.5 Å². The third kappa shape index (κ3) is 3.67. The van der Waals surface area contributed by atoms with E-state index in [4.69, 9.17) is 0 Å². The van der Waals surface area contributed by atoms with E-state index in [9.17, 15) is 4.39 Å². The first-order chi connectivity index (χ1) is 8.75. The minimum atomic E-state index is -0.127. The van der Waals surface area contributed by atoms with Crippen LogP contribution in [-0.2, 0) is 13.0 Å². The van der Waals surface area contributed by atoms with Gasteiger partial charge in [-0.3, -0.25) is 0 Å². The second-order valence-corrected chi connectivity index (χ2v) is 4.50. The molecule has 0 atom stereocenters. The SMILES string of the molecule is Cc1ccc(CNCCc2ccccc2)cc1F. The van der Waals surface area contributed by atoms with Gasteiger partial charge in [-0.2, -0.15) is 0 Å². The number of rotatable bonds is 5. The predicted octanol–water partition coefficient (Wildman–Crippen LogP) is 3.47. The third-order valence-corrected chi connectivity index (χ3v) is 3.00. The molecule has 2 aromatic rings. The van der Waals surface area contributed by atoms with Gasteiger partial charge in [0.05, 0.1) is 0 Å². The van der Waals surface area contributed by atoms with E-state index < -0.39 is 0 Å². The first-order valence-electron chi connectivity index (χ1n) is 6.25. The van der Waals surface area contributed by atoms with Crippen molar-refractivity contribution in [2.45, 2.75) is 19.9 Å². The number of halogens is 1. The number of aryl methyl sites for hydroxylation is 1. The Balaban J connectivity index is 1.77. The zero-order valence-corrected chi connectivity index (χ0v) is 10.6. The van der Waals surface area contributed by atoms with Gasteiger partial charge in [0.25, 0.3) is 0 Å². The molecule has 0 aromatic heterocycles.